The van der Waals surface area contributed by atoms with Gasteiger partial charge < -0.3 is 5.11 Å². The van der Waals surface area contributed by atoms with Crippen LogP contribution in [-0.4, -0.2) is 5.11 Å². The van der Waals surface area contributed by atoms with Crippen LogP contribution in [0.3, 0.4) is 0 Å². The van der Waals surface area contributed by atoms with Gasteiger partial charge in [0.1, 0.15) is 17.4 Å². The van der Waals surface area contributed by atoms with E-state index in [2.05, 4.69) is 0 Å². The average molecular weight is 220 g/mol. The molecule has 0 fully saturated rings. The molecule has 0 heterocycles. The lowest BCUT2D eigenvalue weighted by atomic mass is 10.0. The van der Waals surface area contributed by atoms with Gasteiger partial charge in [0.2, 0.25) is 0 Å². The van der Waals surface area contributed by atoms with Gasteiger partial charge in [0.25, 0.3) is 0 Å². The summed E-state index contributed by atoms with van der Waals surface area (Å²) in [5.41, 5.74) is 1.52. The highest BCUT2D eigenvalue weighted by Crippen LogP contribution is 2.28. The maximum absolute atomic E-state index is 13.4. The lowest BCUT2D eigenvalue weighted by Gasteiger charge is -2.05. The minimum Gasteiger partial charge on any atom is -0.508 e. The zero-order chi connectivity index (χ0) is 11.7. The molecule has 0 aliphatic carbocycles. The highest BCUT2D eigenvalue weighted by atomic mass is 19.1. The van der Waals surface area contributed by atoms with E-state index in [0.29, 0.717) is 11.1 Å². The Hall–Kier alpha value is -1.90. The quantitative estimate of drug-likeness (QED) is 0.777. The summed E-state index contributed by atoms with van der Waals surface area (Å²) in [6, 6.07) is 8.21. The standard InChI is InChI=1S/C13H10F2O/c1-8-2-3-9(6-13(8)16)11-5-4-10(14)7-12(11)15/h2-7,16H,1H3. The summed E-state index contributed by atoms with van der Waals surface area (Å²) < 4.78 is 26.2. The summed E-state index contributed by atoms with van der Waals surface area (Å²) in [4.78, 5) is 0. The van der Waals surface area contributed by atoms with Gasteiger partial charge in [-0.15, -0.1) is 0 Å². The van der Waals surface area contributed by atoms with Gasteiger partial charge >= 0.3 is 0 Å². The lowest BCUT2D eigenvalue weighted by Crippen LogP contribution is -1.86. The maximum atomic E-state index is 13.4. The first-order chi connectivity index (χ1) is 7.58. The molecule has 0 spiro atoms. The Morgan fingerprint density at radius 2 is 1.75 bits per heavy atom. The third-order valence-corrected chi connectivity index (χ3v) is 2.45. The first-order valence-corrected chi connectivity index (χ1v) is 4.83. The van der Waals surface area contributed by atoms with Crippen LogP contribution in [0, 0.1) is 18.6 Å². The van der Waals surface area contributed by atoms with Gasteiger partial charge in [-0.05, 0) is 36.2 Å². The second kappa shape index (κ2) is 3.93. The molecular weight excluding hydrogens is 210 g/mol. The molecule has 82 valence electrons. The van der Waals surface area contributed by atoms with Crippen molar-refractivity contribution in [2.24, 2.45) is 0 Å². The zero-order valence-corrected chi connectivity index (χ0v) is 8.67. The smallest absolute Gasteiger partial charge is 0.133 e. The number of hydrogen-bond donors (Lipinski definition) is 1. The van der Waals surface area contributed by atoms with Crippen LogP contribution in [-0.2, 0) is 0 Å². The van der Waals surface area contributed by atoms with Gasteiger partial charge in [0.15, 0.2) is 0 Å². The Balaban J connectivity index is 2.54. The summed E-state index contributed by atoms with van der Waals surface area (Å²) in [7, 11) is 0. The predicted molar refractivity (Wildman–Crippen MR) is 58.2 cm³/mol. The molecule has 0 aliphatic rings. The average Bonchev–Trinajstić information content (AvgIpc) is 2.22. The highest BCUT2D eigenvalue weighted by molar-refractivity contribution is 5.66. The van der Waals surface area contributed by atoms with Crippen LogP contribution in [0.25, 0.3) is 11.1 Å². The topological polar surface area (TPSA) is 20.2 Å². The first kappa shape index (κ1) is 10.6. The van der Waals surface area contributed by atoms with Crippen molar-refractivity contribution in [3.63, 3.8) is 0 Å². The fraction of sp³-hybridized carbons (Fsp3) is 0.0769. The number of rotatable bonds is 1. The largest absolute Gasteiger partial charge is 0.508 e. The Morgan fingerprint density at radius 3 is 2.38 bits per heavy atom. The normalized spacial score (nSPS) is 10.4. The number of aromatic hydroxyl groups is 1. The van der Waals surface area contributed by atoms with Crippen LogP contribution >= 0.6 is 0 Å². The molecule has 0 aromatic heterocycles. The molecule has 0 bridgehead atoms. The van der Waals surface area contributed by atoms with E-state index in [9.17, 15) is 13.9 Å². The molecule has 2 rings (SSSR count). The zero-order valence-electron chi connectivity index (χ0n) is 8.67. The van der Waals surface area contributed by atoms with Crippen LogP contribution in [0.5, 0.6) is 5.75 Å². The van der Waals surface area contributed by atoms with Crippen molar-refractivity contribution in [3.8, 4) is 16.9 Å². The number of phenols is 1. The summed E-state index contributed by atoms with van der Waals surface area (Å²) in [5, 5.41) is 9.51. The molecule has 1 N–H and O–H groups in total. The van der Waals surface area contributed by atoms with Crippen LogP contribution in [0.2, 0.25) is 0 Å². The summed E-state index contributed by atoms with van der Waals surface area (Å²) >= 11 is 0. The molecule has 0 unspecified atom stereocenters. The summed E-state index contributed by atoms with van der Waals surface area (Å²) in [6.07, 6.45) is 0. The van der Waals surface area contributed by atoms with E-state index in [1.165, 1.54) is 18.2 Å². The Bertz CT molecular complexity index is 535. The van der Waals surface area contributed by atoms with Crippen molar-refractivity contribution >= 4 is 0 Å². The number of phenolic OH excluding ortho intramolecular Hbond substituents is 1. The number of benzene rings is 2. The molecule has 0 amide bonds. The van der Waals surface area contributed by atoms with Gasteiger partial charge in [-0.3, -0.25) is 0 Å². The van der Waals surface area contributed by atoms with Crippen LogP contribution in [0.15, 0.2) is 36.4 Å². The van der Waals surface area contributed by atoms with Crippen molar-refractivity contribution in [1.29, 1.82) is 0 Å². The number of hydrogen-bond acceptors (Lipinski definition) is 1. The van der Waals surface area contributed by atoms with E-state index >= 15 is 0 Å². The minimum atomic E-state index is -0.636. The third-order valence-electron chi connectivity index (χ3n) is 2.45. The molecule has 1 nitrogen and oxygen atoms in total. The van der Waals surface area contributed by atoms with Crippen molar-refractivity contribution in [3.05, 3.63) is 53.6 Å². The Morgan fingerprint density at radius 1 is 1.00 bits per heavy atom. The molecule has 2 aromatic rings. The predicted octanol–water partition coefficient (Wildman–Crippen LogP) is 3.65. The number of aryl methyl sites for hydroxylation is 1. The van der Waals surface area contributed by atoms with Crippen molar-refractivity contribution in [2.45, 2.75) is 6.92 Å². The Labute approximate surface area is 92.0 Å². The summed E-state index contributed by atoms with van der Waals surface area (Å²) in [6.45, 7) is 1.75. The second-order valence-electron chi connectivity index (χ2n) is 3.63. The molecule has 0 atom stereocenters. The van der Waals surface area contributed by atoms with Crippen molar-refractivity contribution in [2.75, 3.05) is 0 Å². The Kier molecular flexibility index (Phi) is 2.60. The summed E-state index contributed by atoms with van der Waals surface area (Å²) in [5.74, 6) is -1.15. The minimum absolute atomic E-state index is 0.0984. The van der Waals surface area contributed by atoms with Crippen LogP contribution in [0.4, 0.5) is 8.78 Å². The first-order valence-electron chi connectivity index (χ1n) is 4.83. The van der Waals surface area contributed by atoms with Gasteiger partial charge in [0.05, 0.1) is 0 Å². The van der Waals surface area contributed by atoms with Gasteiger partial charge in [-0.1, -0.05) is 12.1 Å². The van der Waals surface area contributed by atoms with Crippen molar-refractivity contribution < 1.29 is 13.9 Å². The molecular formula is C13H10F2O. The van der Waals surface area contributed by atoms with Gasteiger partial charge in [0, 0.05) is 11.6 Å². The maximum Gasteiger partial charge on any atom is 0.133 e. The molecule has 0 saturated carbocycles. The molecule has 3 heteroatoms. The van der Waals surface area contributed by atoms with Crippen LogP contribution < -0.4 is 0 Å². The van der Waals surface area contributed by atoms with E-state index in [1.807, 2.05) is 0 Å². The molecule has 0 saturated heterocycles. The molecule has 16 heavy (non-hydrogen) atoms. The SMILES string of the molecule is Cc1ccc(-c2ccc(F)cc2F)cc1O. The molecule has 0 radical (unpaired) electrons. The third kappa shape index (κ3) is 1.89. The highest BCUT2D eigenvalue weighted by Gasteiger charge is 2.07. The van der Waals surface area contributed by atoms with E-state index in [4.69, 9.17) is 0 Å². The fourth-order valence-corrected chi connectivity index (χ4v) is 1.50. The lowest BCUT2D eigenvalue weighted by molar-refractivity contribution is 0.471. The van der Waals surface area contributed by atoms with E-state index < -0.39 is 11.6 Å². The van der Waals surface area contributed by atoms with E-state index in [0.717, 1.165) is 6.07 Å². The monoisotopic (exact) mass is 220 g/mol. The molecule has 0 aliphatic heterocycles. The number of halogens is 2. The van der Waals surface area contributed by atoms with Crippen molar-refractivity contribution in [1.82, 2.24) is 0 Å². The fourth-order valence-electron chi connectivity index (χ4n) is 1.50. The van der Waals surface area contributed by atoms with E-state index in [-0.39, 0.29) is 11.3 Å². The van der Waals surface area contributed by atoms with E-state index in [1.54, 1.807) is 19.1 Å². The second-order valence-corrected chi connectivity index (χ2v) is 3.63. The van der Waals surface area contributed by atoms with Crippen LogP contribution in [0.1, 0.15) is 5.56 Å². The molecule has 2 aromatic carbocycles. The van der Waals surface area contributed by atoms with Gasteiger partial charge in [-0.25, -0.2) is 8.78 Å². The van der Waals surface area contributed by atoms with Gasteiger partial charge in [-0.2, -0.15) is 0 Å².